The van der Waals surface area contributed by atoms with Gasteiger partial charge in [-0.05, 0) is 33.9 Å². The Hall–Kier alpha value is -4.08. The lowest BCUT2D eigenvalue weighted by Gasteiger charge is -2.10. The summed E-state index contributed by atoms with van der Waals surface area (Å²) in [5.74, 6) is -4.20. The summed E-state index contributed by atoms with van der Waals surface area (Å²) < 4.78 is 0. The number of aliphatic hydroxyl groups excluding tert-OH is 1. The third-order valence-electron chi connectivity index (χ3n) is 4.37. The molecule has 15 nitrogen and oxygen atoms in total. The van der Waals surface area contributed by atoms with Gasteiger partial charge in [-0.15, -0.1) is 0 Å². The molecule has 0 unspecified atom stereocenters. The molecule has 1 rings (SSSR count). The normalized spacial score (nSPS) is 9.57. The zero-order valence-electron chi connectivity index (χ0n) is 27.2. The number of nitrogens with one attached hydrogen (secondary N) is 6. The van der Waals surface area contributed by atoms with Crippen LogP contribution >= 0.6 is 0 Å². The van der Waals surface area contributed by atoms with E-state index in [1.54, 1.807) is 7.05 Å². The summed E-state index contributed by atoms with van der Waals surface area (Å²) in [6.45, 7) is 9.05. The van der Waals surface area contributed by atoms with E-state index in [1.165, 1.54) is 31.7 Å². The highest BCUT2D eigenvalue weighted by atomic mass is 16.4. The number of carboxylic acids is 1. The smallest absolute Gasteiger partial charge is 0.325 e. The van der Waals surface area contributed by atoms with Gasteiger partial charge in [0.1, 0.15) is 6.04 Å². The van der Waals surface area contributed by atoms with Gasteiger partial charge in [-0.1, -0.05) is 69.5 Å². The van der Waals surface area contributed by atoms with Gasteiger partial charge >= 0.3 is 5.97 Å². The highest BCUT2D eigenvalue weighted by molar-refractivity contribution is 5.91. The van der Waals surface area contributed by atoms with Crippen molar-refractivity contribution in [2.75, 3.05) is 53.4 Å². The summed E-state index contributed by atoms with van der Waals surface area (Å²) in [5, 5.41) is 29.3. The molecule has 0 heterocycles. The first-order chi connectivity index (χ1) is 20.9. The lowest BCUT2D eigenvalue weighted by molar-refractivity contribution is -0.141. The van der Waals surface area contributed by atoms with Crippen LogP contribution in [0, 0.1) is 6.92 Å². The van der Waals surface area contributed by atoms with Gasteiger partial charge in [0.15, 0.2) is 0 Å². The van der Waals surface area contributed by atoms with E-state index >= 15 is 0 Å². The molecule has 44 heavy (non-hydrogen) atoms. The van der Waals surface area contributed by atoms with Crippen molar-refractivity contribution < 1.29 is 39.0 Å². The summed E-state index contributed by atoms with van der Waals surface area (Å²) in [7, 11) is 2.57. The zero-order valence-corrected chi connectivity index (χ0v) is 27.2. The fraction of sp³-hybridized carbons (Fsp3) is 0.586. The fourth-order valence-corrected chi connectivity index (χ4v) is 2.22. The fourth-order valence-electron chi connectivity index (χ4n) is 2.22. The van der Waals surface area contributed by atoms with Crippen LogP contribution in [0.4, 0.5) is 0 Å². The minimum absolute atomic E-state index is 0.0517. The van der Waals surface area contributed by atoms with Crippen molar-refractivity contribution in [3.05, 3.63) is 35.9 Å². The number of aliphatic carboxylic acids is 1. The second-order valence-electron chi connectivity index (χ2n) is 8.77. The predicted molar refractivity (Wildman–Crippen MR) is 170 cm³/mol. The average Bonchev–Trinajstić information content (AvgIpc) is 3.00. The van der Waals surface area contributed by atoms with Gasteiger partial charge < -0.3 is 47.8 Å². The molecule has 0 saturated carbocycles. The topological polar surface area (TPSA) is 241 Å². The molecule has 0 bridgehead atoms. The molecular formula is C29H55N7O8. The molecule has 0 spiro atoms. The number of amides is 5. The Kier molecular flexibility index (Phi) is 37.4. The third-order valence-corrected chi connectivity index (χ3v) is 4.37. The maximum absolute atomic E-state index is 11.5. The van der Waals surface area contributed by atoms with Gasteiger partial charge in [0.2, 0.25) is 29.5 Å². The van der Waals surface area contributed by atoms with Crippen LogP contribution in [0.5, 0.6) is 0 Å². The number of hydrogen-bond acceptors (Lipinski definition) is 9. The van der Waals surface area contributed by atoms with E-state index in [0.29, 0.717) is 0 Å². The van der Waals surface area contributed by atoms with Crippen LogP contribution in [0.25, 0.3) is 0 Å². The molecule has 0 aliphatic heterocycles. The summed E-state index contributed by atoms with van der Waals surface area (Å²) >= 11 is 0. The summed E-state index contributed by atoms with van der Waals surface area (Å²) in [4.78, 5) is 67.5. The molecule has 5 amide bonds. The van der Waals surface area contributed by atoms with Gasteiger partial charge in [0.25, 0.3) is 0 Å². The summed E-state index contributed by atoms with van der Waals surface area (Å²) in [6.07, 6.45) is 3.64. The molecule has 15 heteroatoms. The Balaban J connectivity index is -0.000000379. The highest BCUT2D eigenvalue weighted by Crippen LogP contribution is 1.92. The van der Waals surface area contributed by atoms with E-state index in [-0.39, 0.29) is 19.0 Å². The largest absolute Gasteiger partial charge is 0.480 e. The lowest BCUT2D eigenvalue weighted by atomic mass is 10.2. The van der Waals surface area contributed by atoms with Crippen LogP contribution in [0.2, 0.25) is 0 Å². The summed E-state index contributed by atoms with van der Waals surface area (Å²) in [5.41, 5.74) is 6.46. The van der Waals surface area contributed by atoms with Crippen LogP contribution in [0.3, 0.4) is 0 Å². The first-order valence-electron chi connectivity index (χ1n) is 14.3. The maximum Gasteiger partial charge on any atom is 0.325 e. The molecule has 0 aromatic heterocycles. The zero-order chi connectivity index (χ0) is 34.8. The van der Waals surface area contributed by atoms with Crippen molar-refractivity contribution in [1.29, 1.82) is 0 Å². The van der Waals surface area contributed by atoms with Gasteiger partial charge in [0.05, 0.1) is 32.7 Å². The van der Waals surface area contributed by atoms with Gasteiger partial charge in [-0.2, -0.15) is 0 Å². The SMILES string of the molecule is CCC.CCCCN.CNCC(=O)NCC(=O)NCC(=O)NCC(=O)NCC(=O)N[C@H](C)C(=O)O.CO.Cc1ccccc1. The van der Waals surface area contributed by atoms with Crippen LogP contribution in [0.1, 0.15) is 52.5 Å². The lowest BCUT2D eigenvalue weighted by Crippen LogP contribution is -2.47. The number of unbranched alkanes of at least 4 members (excludes halogenated alkanes) is 1. The van der Waals surface area contributed by atoms with Crippen LogP contribution in [0.15, 0.2) is 30.3 Å². The molecule has 254 valence electrons. The minimum Gasteiger partial charge on any atom is -0.480 e. The molecule has 1 aromatic carbocycles. The first-order valence-corrected chi connectivity index (χ1v) is 14.3. The van der Waals surface area contributed by atoms with Crippen molar-refractivity contribution in [2.45, 2.75) is 59.9 Å². The number of aliphatic hydroxyl groups is 1. The van der Waals surface area contributed by atoms with E-state index in [0.717, 1.165) is 13.7 Å². The van der Waals surface area contributed by atoms with Crippen molar-refractivity contribution in [3.8, 4) is 0 Å². The van der Waals surface area contributed by atoms with Gasteiger partial charge in [0, 0.05) is 7.11 Å². The number of likely N-dealkylation sites (N-methyl/N-ethyl adjacent to an activating group) is 1. The minimum atomic E-state index is -1.22. The summed E-state index contributed by atoms with van der Waals surface area (Å²) in [6, 6.07) is 9.17. The number of aryl methyl sites for hydroxylation is 1. The molecule has 1 aromatic rings. The molecular weight excluding hydrogens is 574 g/mol. The number of carbonyl (C=O) groups excluding carboxylic acids is 5. The molecule has 10 N–H and O–H groups in total. The molecule has 0 saturated heterocycles. The maximum atomic E-state index is 11.5. The number of rotatable bonds is 14. The third kappa shape index (κ3) is 37.9. The first kappa shape index (κ1) is 46.9. The second-order valence-corrected chi connectivity index (χ2v) is 8.77. The Morgan fingerprint density at radius 3 is 1.34 bits per heavy atom. The van der Waals surface area contributed by atoms with Crippen molar-refractivity contribution >= 4 is 35.5 Å². The average molecular weight is 630 g/mol. The quantitative estimate of drug-likeness (QED) is 0.122. The molecule has 1 atom stereocenters. The van der Waals surface area contributed by atoms with Crippen LogP contribution in [-0.4, -0.2) is 105 Å². The number of carboxylic acid groups (broad SMARTS) is 1. The number of hydrogen-bond donors (Lipinski definition) is 9. The van der Waals surface area contributed by atoms with E-state index in [9.17, 15) is 28.8 Å². The molecule has 0 radical (unpaired) electrons. The van der Waals surface area contributed by atoms with E-state index in [2.05, 4.69) is 71.7 Å². The van der Waals surface area contributed by atoms with E-state index in [4.69, 9.17) is 15.9 Å². The number of nitrogens with two attached hydrogens (primary N) is 1. The second kappa shape index (κ2) is 35.1. The monoisotopic (exact) mass is 629 g/mol. The number of benzene rings is 1. The molecule has 0 fully saturated rings. The van der Waals surface area contributed by atoms with Gasteiger partial charge in [-0.3, -0.25) is 28.8 Å². The van der Waals surface area contributed by atoms with Crippen LogP contribution < -0.4 is 37.6 Å². The highest BCUT2D eigenvalue weighted by Gasteiger charge is 2.14. The predicted octanol–water partition coefficient (Wildman–Crippen LogP) is -0.975. The Labute approximate surface area is 261 Å². The molecule has 0 aliphatic rings. The van der Waals surface area contributed by atoms with E-state index < -0.39 is 55.3 Å². The van der Waals surface area contributed by atoms with Crippen molar-refractivity contribution in [3.63, 3.8) is 0 Å². The van der Waals surface area contributed by atoms with Crippen LogP contribution in [-0.2, 0) is 28.8 Å². The molecule has 0 aliphatic carbocycles. The van der Waals surface area contributed by atoms with Crippen molar-refractivity contribution in [1.82, 2.24) is 31.9 Å². The van der Waals surface area contributed by atoms with E-state index in [1.807, 2.05) is 18.2 Å². The standard InChI is InChI=1S/C14H24N6O7.C7H8.C4H11N.C3H8.CH4O/c1-8(14(26)27)20-13(25)7-19-12(24)6-18-11(23)5-17-10(22)4-16-9(21)3-15-2;1-7-5-3-2-4-6-7;1-2-3-4-5;1-3-2;1-2/h8,15H,3-7H2,1-2H3,(H,16,21)(H,17,22)(H,18,23)(H,19,24)(H,20,25)(H,26,27);2-6H,1H3;2-5H2,1H3;3H2,1-2H3;2H,1H3/t8-;;;;/m1..../s1. The van der Waals surface area contributed by atoms with Crippen molar-refractivity contribution in [2.24, 2.45) is 5.73 Å². The Bertz CT molecular complexity index is 901. The number of carbonyl (C=O) groups is 6. The Morgan fingerprint density at radius 2 is 1.09 bits per heavy atom. The Morgan fingerprint density at radius 1 is 0.727 bits per heavy atom. The van der Waals surface area contributed by atoms with Gasteiger partial charge in [-0.25, -0.2) is 0 Å².